The number of carbonyl (C=O) groups excluding carboxylic acids is 1. The highest BCUT2D eigenvalue weighted by atomic mass is 32.2. The zero-order valence-electron chi connectivity index (χ0n) is 10.9. The van der Waals surface area contributed by atoms with Gasteiger partial charge in [-0.1, -0.05) is 0 Å². The number of aromatic nitrogens is 1. The molecule has 0 fully saturated rings. The van der Waals surface area contributed by atoms with E-state index in [1.54, 1.807) is 24.0 Å². The maximum Gasteiger partial charge on any atom is 0.248 e. The molecule has 0 bridgehead atoms. The Morgan fingerprint density at radius 1 is 1.38 bits per heavy atom. The Morgan fingerprint density at radius 3 is 3.00 bits per heavy atom. The Bertz CT molecular complexity index is 709. The number of ether oxygens (including phenoxy) is 1. The molecule has 1 amide bonds. The van der Waals surface area contributed by atoms with E-state index in [1.807, 2.05) is 0 Å². The van der Waals surface area contributed by atoms with Crippen molar-refractivity contribution in [2.24, 2.45) is 5.73 Å². The molecule has 3 N–H and O–H groups in total. The smallest absolute Gasteiger partial charge is 0.248 e. The predicted molar refractivity (Wildman–Crippen MR) is 78.4 cm³/mol. The highest BCUT2D eigenvalue weighted by Crippen LogP contribution is 2.38. The SMILES string of the molecule is NC(=O)c1ccc(Oc2ccnc3c2NCCS3)c(F)c1. The van der Waals surface area contributed by atoms with E-state index in [0.29, 0.717) is 5.75 Å². The number of hydrogen-bond acceptors (Lipinski definition) is 5. The molecule has 21 heavy (non-hydrogen) atoms. The number of nitrogens with one attached hydrogen (secondary N) is 1. The average molecular weight is 305 g/mol. The van der Waals surface area contributed by atoms with Crippen LogP contribution in [-0.4, -0.2) is 23.2 Å². The van der Waals surface area contributed by atoms with Gasteiger partial charge in [-0.05, 0) is 18.2 Å². The molecule has 1 aromatic heterocycles. The van der Waals surface area contributed by atoms with E-state index in [9.17, 15) is 9.18 Å². The van der Waals surface area contributed by atoms with E-state index < -0.39 is 11.7 Å². The molecule has 2 heterocycles. The molecule has 0 radical (unpaired) electrons. The number of anilines is 1. The molecular formula is C14H12FN3O2S. The first-order chi connectivity index (χ1) is 10.1. The molecule has 0 aliphatic carbocycles. The Morgan fingerprint density at radius 2 is 2.24 bits per heavy atom. The Hall–Kier alpha value is -2.28. The van der Waals surface area contributed by atoms with E-state index in [4.69, 9.17) is 10.5 Å². The van der Waals surface area contributed by atoms with E-state index in [-0.39, 0.29) is 11.3 Å². The fraction of sp³-hybridized carbons (Fsp3) is 0.143. The number of benzene rings is 1. The number of carbonyl (C=O) groups is 1. The summed E-state index contributed by atoms with van der Waals surface area (Å²) in [6.45, 7) is 0.794. The Kier molecular flexibility index (Phi) is 3.66. The first kappa shape index (κ1) is 13.7. The van der Waals surface area contributed by atoms with Crippen LogP contribution < -0.4 is 15.8 Å². The van der Waals surface area contributed by atoms with Crippen molar-refractivity contribution in [3.8, 4) is 11.5 Å². The lowest BCUT2D eigenvalue weighted by Crippen LogP contribution is -2.12. The molecule has 1 aromatic carbocycles. The number of thioether (sulfide) groups is 1. The third-order valence-electron chi connectivity index (χ3n) is 2.96. The minimum Gasteiger partial charge on any atom is -0.452 e. The molecule has 0 unspecified atom stereocenters. The topological polar surface area (TPSA) is 77.2 Å². The number of amides is 1. The number of nitrogens with two attached hydrogens (primary N) is 1. The van der Waals surface area contributed by atoms with Crippen molar-refractivity contribution in [2.75, 3.05) is 17.6 Å². The number of nitrogens with zero attached hydrogens (tertiary/aromatic N) is 1. The van der Waals surface area contributed by atoms with Gasteiger partial charge in [-0.15, -0.1) is 11.8 Å². The van der Waals surface area contributed by atoms with Gasteiger partial charge < -0.3 is 15.8 Å². The van der Waals surface area contributed by atoms with Crippen LogP contribution in [-0.2, 0) is 0 Å². The van der Waals surface area contributed by atoms with Gasteiger partial charge in [0.15, 0.2) is 17.3 Å². The van der Waals surface area contributed by atoms with Gasteiger partial charge >= 0.3 is 0 Å². The van der Waals surface area contributed by atoms with E-state index in [0.717, 1.165) is 29.1 Å². The van der Waals surface area contributed by atoms with Crippen LogP contribution in [0.5, 0.6) is 11.5 Å². The van der Waals surface area contributed by atoms with Gasteiger partial charge in [-0.25, -0.2) is 9.37 Å². The number of fused-ring (bicyclic) bond motifs is 1. The quantitative estimate of drug-likeness (QED) is 0.911. The van der Waals surface area contributed by atoms with Crippen LogP contribution in [0.2, 0.25) is 0 Å². The third kappa shape index (κ3) is 2.78. The second kappa shape index (κ2) is 5.61. The summed E-state index contributed by atoms with van der Waals surface area (Å²) in [5.41, 5.74) is 5.97. The lowest BCUT2D eigenvalue weighted by molar-refractivity contribution is 0.1000. The minimum absolute atomic E-state index is 0.0331. The second-order valence-corrected chi connectivity index (χ2v) is 5.46. The van der Waals surface area contributed by atoms with Crippen molar-refractivity contribution >= 4 is 23.4 Å². The van der Waals surface area contributed by atoms with Gasteiger partial charge in [0.25, 0.3) is 0 Å². The van der Waals surface area contributed by atoms with Crippen LogP contribution in [0.4, 0.5) is 10.1 Å². The molecule has 108 valence electrons. The van der Waals surface area contributed by atoms with Crippen molar-refractivity contribution < 1.29 is 13.9 Å². The highest BCUT2D eigenvalue weighted by Gasteiger charge is 2.17. The van der Waals surface area contributed by atoms with Crippen molar-refractivity contribution in [3.05, 3.63) is 41.8 Å². The molecule has 5 nitrogen and oxygen atoms in total. The number of primary amides is 1. The second-order valence-electron chi connectivity index (χ2n) is 4.38. The predicted octanol–water partition coefficient (Wildman–Crippen LogP) is 2.63. The first-order valence-corrected chi connectivity index (χ1v) is 7.26. The highest BCUT2D eigenvalue weighted by molar-refractivity contribution is 7.99. The van der Waals surface area contributed by atoms with Crippen LogP contribution in [0.1, 0.15) is 10.4 Å². The largest absolute Gasteiger partial charge is 0.452 e. The monoisotopic (exact) mass is 305 g/mol. The third-order valence-corrected chi connectivity index (χ3v) is 3.95. The van der Waals surface area contributed by atoms with Crippen LogP contribution in [0.15, 0.2) is 35.5 Å². The molecule has 0 saturated heterocycles. The fourth-order valence-corrected chi connectivity index (χ4v) is 2.81. The van der Waals surface area contributed by atoms with Crippen molar-refractivity contribution in [3.63, 3.8) is 0 Å². The Balaban J connectivity index is 1.92. The molecule has 7 heteroatoms. The van der Waals surface area contributed by atoms with Crippen LogP contribution >= 0.6 is 11.8 Å². The average Bonchev–Trinajstić information content (AvgIpc) is 2.49. The van der Waals surface area contributed by atoms with Crippen molar-refractivity contribution in [1.29, 1.82) is 0 Å². The van der Waals surface area contributed by atoms with E-state index >= 15 is 0 Å². The summed E-state index contributed by atoms with van der Waals surface area (Å²) in [5.74, 6) is 0.134. The van der Waals surface area contributed by atoms with E-state index in [2.05, 4.69) is 10.3 Å². The molecule has 1 aliphatic heterocycles. The molecule has 2 aromatic rings. The molecule has 0 spiro atoms. The van der Waals surface area contributed by atoms with Crippen LogP contribution in [0.25, 0.3) is 0 Å². The van der Waals surface area contributed by atoms with Gasteiger partial charge in [0, 0.05) is 30.1 Å². The molecular weight excluding hydrogens is 293 g/mol. The summed E-state index contributed by atoms with van der Waals surface area (Å²) in [4.78, 5) is 15.3. The van der Waals surface area contributed by atoms with Crippen molar-refractivity contribution in [2.45, 2.75) is 5.03 Å². The standard InChI is InChI=1S/C14H12FN3O2S/c15-9-7-8(13(16)19)1-2-10(9)20-11-3-4-18-14-12(11)17-5-6-21-14/h1-4,7,17H,5-6H2,(H2,16,19). The van der Waals surface area contributed by atoms with Crippen molar-refractivity contribution in [1.82, 2.24) is 4.98 Å². The lowest BCUT2D eigenvalue weighted by atomic mass is 10.2. The number of pyridine rings is 1. The number of hydrogen-bond donors (Lipinski definition) is 2. The van der Waals surface area contributed by atoms with Crippen LogP contribution in [0.3, 0.4) is 0 Å². The fourth-order valence-electron chi connectivity index (χ4n) is 1.96. The normalized spacial score (nSPS) is 13.2. The summed E-state index contributed by atoms with van der Waals surface area (Å²) in [5, 5.41) is 4.02. The maximum atomic E-state index is 14.0. The van der Waals surface area contributed by atoms with Gasteiger partial charge in [-0.2, -0.15) is 0 Å². The number of halogens is 1. The first-order valence-electron chi connectivity index (χ1n) is 6.28. The van der Waals surface area contributed by atoms with Crippen LogP contribution in [0, 0.1) is 5.82 Å². The number of rotatable bonds is 3. The summed E-state index contributed by atoms with van der Waals surface area (Å²) >= 11 is 1.62. The minimum atomic E-state index is -0.681. The molecule has 3 rings (SSSR count). The lowest BCUT2D eigenvalue weighted by Gasteiger charge is -2.19. The summed E-state index contributed by atoms with van der Waals surface area (Å²) in [7, 11) is 0. The maximum absolute atomic E-state index is 14.0. The summed E-state index contributed by atoms with van der Waals surface area (Å²) in [6.07, 6.45) is 1.61. The van der Waals surface area contributed by atoms with Gasteiger partial charge in [0.1, 0.15) is 10.7 Å². The molecule has 1 aliphatic rings. The summed E-state index contributed by atoms with van der Waals surface area (Å²) < 4.78 is 19.6. The molecule has 0 atom stereocenters. The molecule has 0 saturated carbocycles. The zero-order valence-corrected chi connectivity index (χ0v) is 11.7. The Labute approximate surface area is 124 Å². The zero-order chi connectivity index (χ0) is 14.8. The van der Waals surface area contributed by atoms with Gasteiger partial charge in [0.05, 0.1) is 0 Å². The van der Waals surface area contributed by atoms with Gasteiger partial charge in [-0.3, -0.25) is 4.79 Å². The van der Waals surface area contributed by atoms with Gasteiger partial charge in [0.2, 0.25) is 5.91 Å². The van der Waals surface area contributed by atoms with E-state index in [1.165, 1.54) is 12.1 Å². The summed E-state index contributed by atoms with van der Waals surface area (Å²) in [6, 6.07) is 5.54.